The molecule has 2 N–H and O–H groups in total. The van der Waals surface area contributed by atoms with Crippen LogP contribution < -0.4 is 0 Å². The molecule has 126 valence electrons. The van der Waals surface area contributed by atoms with Crippen LogP contribution in [-0.4, -0.2) is 35.3 Å². The number of alkyl halides is 6. The molecule has 0 aliphatic heterocycles. The van der Waals surface area contributed by atoms with Crippen molar-refractivity contribution in [2.45, 2.75) is 12.4 Å². The fourth-order valence-electron chi connectivity index (χ4n) is 1.79. The van der Waals surface area contributed by atoms with Crippen LogP contribution in [0.1, 0.15) is 11.6 Å². The van der Waals surface area contributed by atoms with E-state index in [9.17, 15) is 26.3 Å². The number of aromatic nitrogens is 7. The van der Waals surface area contributed by atoms with Gasteiger partial charge in [0.05, 0.1) is 0 Å². The molecule has 0 fully saturated rings. The first kappa shape index (κ1) is 15.9. The highest BCUT2D eigenvalue weighted by atomic mass is 19.4. The van der Waals surface area contributed by atoms with Crippen LogP contribution in [0.15, 0.2) is 18.3 Å². The Morgan fingerprint density at radius 3 is 1.88 bits per heavy atom. The van der Waals surface area contributed by atoms with E-state index in [1.807, 2.05) is 5.10 Å². The van der Waals surface area contributed by atoms with Crippen LogP contribution in [0.25, 0.3) is 22.9 Å². The molecule has 24 heavy (non-hydrogen) atoms. The molecule has 3 rings (SSSR count). The lowest BCUT2D eigenvalue weighted by molar-refractivity contribution is -0.145. The molecule has 0 aromatic carbocycles. The van der Waals surface area contributed by atoms with Gasteiger partial charge in [0.25, 0.3) is 11.6 Å². The molecule has 0 radical (unpaired) electrons. The maximum Gasteiger partial charge on any atom is 0.453 e. The number of hydrogen-bond donors (Lipinski definition) is 2. The summed E-state index contributed by atoms with van der Waals surface area (Å²) in [6.07, 6.45) is -8.32. The van der Waals surface area contributed by atoms with Gasteiger partial charge in [0.15, 0.2) is 11.6 Å². The van der Waals surface area contributed by atoms with Crippen LogP contribution in [0.5, 0.6) is 0 Å². The molecule has 0 atom stereocenters. The summed E-state index contributed by atoms with van der Waals surface area (Å²) in [7, 11) is 0. The van der Waals surface area contributed by atoms with Gasteiger partial charge in [0.2, 0.25) is 0 Å². The molecule has 0 spiro atoms. The van der Waals surface area contributed by atoms with Crippen LogP contribution >= 0.6 is 0 Å². The maximum atomic E-state index is 12.6. The summed E-state index contributed by atoms with van der Waals surface area (Å²) >= 11 is 0. The zero-order valence-electron chi connectivity index (χ0n) is 11.2. The number of H-pyrrole nitrogens is 2. The van der Waals surface area contributed by atoms with E-state index in [0.29, 0.717) is 0 Å². The Kier molecular flexibility index (Phi) is 3.50. The lowest BCUT2D eigenvalue weighted by atomic mass is 10.2. The molecule has 3 heterocycles. The van der Waals surface area contributed by atoms with Crippen molar-refractivity contribution in [3.8, 4) is 22.9 Å². The van der Waals surface area contributed by atoms with E-state index >= 15 is 0 Å². The SMILES string of the molecule is FC(F)(F)c1n[nH]c(-c2cccnc2-c2nc(C(F)(F)F)n[nH]2)n1. The van der Waals surface area contributed by atoms with Crippen molar-refractivity contribution in [2.75, 3.05) is 0 Å². The molecular formula is C11H5F6N7. The Morgan fingerprint density at radius 1 is 0.792 bits per heavy atom. The molecule has 0 saturated heterocycles. The number of aromatic amines is 2. The van der Waals surface area contributed by atoms with Crippen molar-refractivity contribution < 1.29 is 26.3 Å². The third kappa shape index (κ3) is 2.91. The standard InChI is InChI=1S/C11H5F6N7/c12-10(13,14)8-19-6(21-23-8)4-2-1-3-18-5(4)7-20-9(24-22-7)11(15,16)17/h1-3H,(H,19,21,23)(H,20,22,24). The summed E-state index contributed by atoms with van der Waals surface area (Å²) in [6, 6.07) is 2.68. The highest BCUT2D eigenvalue weighted by Gasteiger charge is 2.37. The van der Waals surface area contributed by atoms with E-state index in [0.717, 1.165) is 0 Å². The van der Waals surface area contributed by atoms with E-state index in [-0.39, 0.29) is 22.9 Å². The minimum atomic E-state index is -4.78. The van der Waals surface area contributed by atoms with Gasteiger partial charge in [-0.05, 0) is 12.1 Å². The summed E-state index contributed by atoms with van der Waals surface area (Å²) in [5, 5.41) is 10.2. The first-order chi connectivity index (χ1) is 11.2. The monoisotopic (exact) mass is 349 g/mol. The minimum Gasteiger partial charge on any atom is -0.259 e. The third-order valence-corrected chi connectivity index (χ3v) is 2.77. The number of rotatable bonds is 2. The van der Waals surface area contributed by atoms with Gasteiger partial charge in [0.1, 0.15) is 5.69 Å². The molecule has 3 aromatic rings. The largest absolute Gasteiger partial charge is 0.453 e. The molecule has 0 amide bonds. The van der Waals surface area contributed by atoms with Crippen LogP contribution in [0.3, 0.4) is 0 Å². The van der Waals surface area contributed by atoms with E-state index < -0.39 is 24.0 Å². The van der Waals surface area contributed by atoms with Crippen molar-refractivity contribution in [1.82, 2.24) is 35.3 Å². The van der Waals surface area contributed by atoms with Gasteiger partial charge in [-0.3, -0.25) is 15.2 Å². The highest BCUT2D eigenvalue weighted by molar-refractivity contribution is 5.73. The average molecular weight is 349 g/mol. The van der Waals surface area contributed by atoms with E-state index in [1.54, 1.807) is 0 Å². The third-order valence-electron chi connectivity index (χ3n) is 2.77. The Bertz CT molecular complexity index is 791. The fraction of sp³-hybridized carbons (Fsp3) is 0.182. The van der Waals surface area contributed by atoms with Crippen LogP contribution in [0.4, 0.5) is 26.3 Å². The number of nitrogens with one attached hydrogen (secondary N) is 2. The fourth-order valence-corrected chi connectivity index (χ4v) is 1.79. The highest BCUT2D eigenvalue weighted by Crippen LogP contribution is 2.32. The molecule has 3 aromatic heterocycles. The average Bonchev–Trinajstić information content (AvgIpc) is 3.16. The van der Waals surface area contributed by atoms with Gasteiger partial charge >= 0.3 is 12.4 Å². The predicted octanol–water partition coefficient (Wildman–Crippen LogP) is 2.69. The second-order valence-corrected chi connectivity index (χ2v) is 4.41. The summed E-state index contributed by atoms with van der Waals surface area (Å²) in [5.74, 6) is -3.54. The second kappa shape index (κ2) is 5.28. The van der Waals surface area contributed by atoms with Gasteiger partial charge in [-0.25, -0.2) is 9.97 Å². The lowest BCUT2D eigenvalue weighted by Gasteiger charge is -2.02. The maximum absolute atomic E-state index is 12.6. The van der Waals surface area contributed by atoms with Crippen molar-refractivity contribution in [2.24, 2.45) is 0 Å². The van der Waals surface area contributed by atoms with Gasteiger partial charge in [-0.1, -0.05) is 0 Å². The summed E-state index contributed by atoms with van der Waals surface area (Å²) < 4.78 is 75.4. The topological polar surface area (TPSA) is 96.0 Å². The molecule has 0 aliphatic rings. The van der Waals surface area contributed by atoms with Gasteiger partial charge < -0.3 is 0 Å². The molecule has 0 aliphatic carbocycles. The molecule has 0 unspecified atom stereocenters. The summed E-state index contributed by atoms with van der Waals surface area (Å²) in [6.45, 7) is 0. The van der Waals surface area contributed by atoms with Crippen molar-refractivity contribution in [3.63, 3.8) is 0 Å². The van der Waals surface area contributed by atoms with Gasteiger partial charge in [-0.2, -0.15) is 26.3 Å². The van der Waals surface area contributed by atoms with Crippen molar-refractivity contribution in [3.05, 3.63) is 30.0 Å². The zero-order chi connectivity index (χ0) is 17.5. The smallest absolute Gasteiger partial charge is 0.259 e. The molecule has 13 heteroatoms. The first-order valence-electron chi connectivity index (χ1n) is 6.11. The van der Waals surface area contributed by atoms with Gasteiger partial charge in [0, 0.05) is 11.8 Å². The second-order valence-electron chi connectivity index (χ2n) is 4.41. The van der Waals surface area contributed by atoms with Crippen LogP contribution in [0, 0.1) is 0 Å². The number of pyridine rings is 1. The van der Waals surface area contributed by atoms with Crippen molar-refractivity contribution in [1.29, 1.82) is 0 Å². The summed E-state index contributed by atoms with van der Waals surface area (Å²) in [4.78, 5) is 10.4. The van der Waals surface area contributed by atoms with Crippen molar-refractivity contribution >= 4 is 0 Å². The Hall–Kier alpha value is -2.99. The number of nitrogens with zero attached hydrogens (tertiary/aromatic N) is 5. The molecule has 0 saturated carbocycles. The normalized spacial score (nSPS) is 12.6. The van der Waals surface area contributed by atoms with Gasteiger partial charge in [-0.15, -0.1) is 10.2 Å². The van der Waals surface area contributed by atoms with E-state index in [1.165, 1.54) is 18.3 Å². The van der Waals surface area contributed by atoms with E-state index in [2.05, 4.69) is 30.2 Å². The molecule has 7 nitrogen and oxygen atoms in total. The lowest BCUT2D eigenvalue weighted by Crippen LogP contribution is -2.07. The Labute approximate surface area is 128 Å². The Morgan fingerprint density at radius 2 is 1.33 bits per heavy atom. The van der Waals surface area contributed by atoms with E-state index in [4.69, 9.17) is 0 Å². The minimum absolute atomic E-state index is 0.0228. The predicted molar refractivity (Wildman–Crippen MR) is 65.0 cm³/mol. The summed E-state index contributed by atoms with van der Waals surface area (Å²) in [5.41, 5.74) is -0.184. The first-order valence-corrected chi connectivity index (χ1v) is 6.11. The zero-order valence-corrected chi connectivity index (χ0v) is 11.2. The molecule has 0 bridgehead atoms. The van der Waals surface area contributed by atoms with Crippen LogP contribution in [-0.2, 0) is 12.4 Å². The number of hydrogen-bond acceptors (Lipinski definition) is 5. The number of halogens is 6. The quantitative estimate of drug-likeness (QED) is 0.694. The van der Waals surface area contributed by atoms with Crippen LogP contribution in [0.2, 0.25) is 0 Å². The molecular weight excluding hydrogens is 344 g/mol. The Balaban J connectivity index is 2.06.